The van der Waals surface area contributed by atoms with Crippen LogP contribution >= 0.6 is 11.6 Å². The quantitative estimate of drug-likeness (QED) is 0.690. The predicted molar refractivity (Wildman–Crippen MR) is 110 cm³/mol. The first-order valence-electron chi connectivity index (χ1n) is 8.55. The number of carbonyl (C=O) groups excluding carboxylic acids is 2. The van der Waals surface area contributed by atoms with Gasteiger partial charge in [0.1, 0.15) is 5.56 Å². The molecule has 0 saturated carbocycles. The highest BCUT2D eigenvalue weighted by atomic mass is 35.5. The topological polar surface area (TPSA) is 80.2 Å². The van der Waals surface area contributed by atoms with Crippen LogP contribution in [0.2, 0.25) is 5.02 Å². The molecule has 7 heteroatoms. The molecule has 0 spiro atoms. The van der Waals surface area contributed by atoms with Gasteiger partial charge in [-0.25, -0.2) is 0 Å². The number of anilines is 2. The molecule has 142 valence electrons. The standard InChI is InChI=1S/C21H18ClN3O3/c1-14(26)23-17-4-2-5-18(12-17)24-20(27)19-6-3-11-25(21(19)28)13-15-7-9-16(22)10-8-15/h2-12H,13H2,1H3,(H,23,26)(H,24,27). The van der Waals surface area contributed by atoms with E-state index in [9.17, 15) is 14.4 Å². The molecule has 1 aromatic heterocycles. The predicted octanol–water partition coefficient (Wildman–Crippen LogP) is 3.76. The monoisotopic (exact) mass is 395 g/mol. The second-order valence-corrected chi connectivity index (χ2v) is 6.63. The minimum Gasteiger partial charge on any atom is -0.326 e. The Labute approximate surface area is 166 Å². The van der Waals surface area contributed by atoms with Gasteiger partial charge in [-0.1, -0.05) is 29.8 Å². The van der Waals surface area contributed by atoms with Gasteiger partial charge in [0, 0.05) is 29.5 Å². The molecule has 0 radical (unpaired) electrons. The molecule has 2 N–H and O–H groups in total. The third-order valence-corrected chi connectivity index (χ3v) is 4.22. The van der Waals surface area contributed by atoms with Crippen molar-refractivity contribution in [1.29, 1.82) is 0 Å². The molecule has 2 aromatic carbocycles. The van der Waals surface area contributed by atoms with Crippen LogP contribution in [0.15, 0.2) is 71.7 Å². The average molecular weight is 396 g/mol. The van der Waals surface area contributed by atoms with Crippen molar-refractivity contribution in [3.8, 4) is 0 Å². The lowest BCUT2D eigenvalue weighted by Crippen LogP contribution is -2.29. The number of benzene rings is 2. The van der Waals surface area contributed by atoms with Crippen molar-refractivity contribution < 1.29 is 9.59 Å². The molecule has 6 nitrogen and oxygen atoms in total. The number of pyridine rings is 1. The SMILES string of the molecule is CC(=O)Nc1cccc(NC(=O)c2cccn(Cc3ccc(Cl)cc3)c2=O)c1. The van der Waals surface area contributed by atoms with Crippen molar-refractivity contribution in [3.63, 3.8) is 0 Å². The molecule has 28 heavy (non-hydrogen) atoms. The maximum absolute atomic E-state index is 12.7. The number of aromatic nitrogens is 1. The minimum atomic E-state index is -0.518. The van der Waals surface area contributed by atoms with Gasteiger partial charge in [0.15, 0.2) is 0 Å². The summed E-state index contributed by atoms with van der Waals surface area (Å²) in [5.41, 5.74) is 1.56. The van der Waals surface area contributed by atoms with Crippen LogP contribution in [0.4, 0.5) is 11.4 Å². The first-order chi connectivity index (χ1) is 13.4. The van der Waals surface area contributed by atoms with Crippen LogP contribution < -0.4 is 16.2 Å². The third kappa shape index (κ3) is 4.86. The Morgan fingerprint density at radius 1 is 0.964 bits per heavy atom. The molecule has 0 fully saturated rings. The summed E-state index contributed by atoms with van der Waals surface area (Å²) < 4.78 is 1.46. The molecule has 0 unspecified atom stereocenters. The number of hydrogen-bond acceptors (Lipinski definition) is 3. The molecule has 1 heterocycles. The maximum atomic E-state index is 12.7. The largest absolute Gasteiger partial charge is 0.326 e. The number of hydrogen-bond donors (Lipinski definition) is 2. The summed E-state index contributed by atoms with van der Waals surface area (Å²) in [7, 11) is 0. The van der Waals surface area contributed by atoms with Crippen molar-refractivity contribution in [1.82, 2.24) is 4.57 Å². The van der Waals surface area contributed by atoms with Crippen molar-refractivity contribution in [2.24, 2.45) is 0 Å². The van der Waals surface area contributed by atoms with Crippen LogP contribution in [-0.4, -0.2) is 16.4 Å². The molecule has 0 bridgehead atoms. The highest BCUT2D eigenvalue weighted by molar-refractivity contribution is 6.30. The van der Waals surface area contributed by atoms with Crippen molar-refractivity contribution in [2.45, 2.75) is 13.5 Å². The average Bonchev–Trinajstić information content (AvgIpc) is 2.65. The van der Waals surface area contributed by atoms with Gasteiger partial charge in [-0.05, 0) is 48.0 Å². The fourth-order valence-corrected chi connectivity index (χ4v) is 2.82. The summed E-state index contributed by atoms with van der Waals surface area (Å²) in [4.78, 5) is 36.5. The zero-order valence-corrected chi connectivity index (χ0v) is 15.9. The summed E-state index contributed by atoms with van der Waals surface area (Å²) >= 11 is 5.88. The van der Waals surface area contributed by atoms with E-state index in [-0.39, 0.29) is 11.5 Å². The van der Waals surface area contributed by atoms with Gasteiger partial charge in [-0.15, -0.1) is 0 Å². The highest BCUT2D eigenvalue weighted by Gasteiger charge is 2.13. The molecular formula is C21H18ClN3O3. The van der Waals surface area contributed by atoms with Gasteiger partial charge in [0.2, 0.25) is 5.91 Å². The zero-order valence-electron chi connectivity index (χ0n) is 15.1. The lowest BCUT2D eigenvalue weighted by Gasteiger charge is -2.10. The Morgan fingerprint density at radius 3 is 2.32 bits per heavy atom. The molecule has 0 atom stereocenters. The molecule has 2 amide bonds. The van der Waals surface area contributed by atoms with E-state index in [4.69, 9.17) is 11.6 Å². The summed E-state index contributed by atoms with van der Waals surface area (Å²) in [5, 5.41) is 5.95. The lowest BCUT2D eigenvalue weighted by molar-refractivity contribution is -0.114. The Kier molecular flexibility index (Phi) is 5.91. The first kappa shape index (κ1) is 19.4. The van der Waals surface area contributed by atoms with Gasteiger partial charge in [-0.3, -0.25) is 14.4 Å². The lowest BCUT2D eigenvalue weighted by atomic mass is 10.2. The molecule has 3 aromatic rings. The molecule has 0 aliphatic carbocycles. The van der Waals surface area contributed by atoms with E-state index < -0.39 is 11.5 Å². The zero-order chi connectivity index (χ0) is 20.1. The summed E-state index contributed by atoms with van der Waals surface area (Å²) in [6.45, 7) is 1.73. The van der Waals surface area contributed by atoms with Gasteiger partial charge in [0.05, 0.1) is 6.54 Å². The van der Waals surface area contributed by atoms with Gasteiger partial charge in [-0.2, -0.15) is 0 Å². The Balaban J connectivity index is 1.80. The number of nitrogens with one attached hydrogen (secondary N) is 2. The summed E-state index contributed by atoms with van der Waals surface area (Å²) in [5.74, 6) is -0.730. The number of carbonyl (C=O) groups is 2. The van der Waals surface area contributed by atoms with Crippen LogP contribution in [0.1, 0.15) is 22.8 Å². The van der Waals surface area contributed by atoms with Crippen LogP contribution in [0.5, 0.6) is 0 Å². The smallest absolute Gasteiger partial charge is 0.263 e. The number of rotatable bonds is 5. The van der Waals surface area contributed by atoms with Crippen LogP contribution in [0.3, 0.4) is 0 Å². The van der Waals surface area contributed by atoms with Crippen molar-refractivity contribution in [3.05, 3.63) is 93.4 Å². The molecular weight excluding hydrogens is 378 g/mol. The van der Waals surface area contributed by atoms with Gasteiger partial charge >= 0.3 is 0 Å². The minimum absolute atomic E-state index is 0.0291. The van der Waals surface area contributed by atoms with E-state index in [1.807, 2.05) is 12.1 Å². The third-order valence-electron chi connectivity index (χ3n) is 3.97. The Hall–Kier alpha value is -3.38. The van der Waals surface area contributed by atoms with Crippen molar-refractivity contribution >= 4 is 34.8 Å². The van der Waals surface area contributed by atoms with E-state index >= 15 is 0 Å². The normalized spacial score (nSPS) is 10.4. The molecule has 0 aliphatic rings. The van der Waals surface area contributed by atoms with Crippen LogP contribution in [-0.2, 0) is 11.3 Å². The van der Waals surface area contributed by atoms with Crippen LogP contribution in [0, 0.1) is 0 Å². The molecule has 3 rings (SSSR count). The molecule has 0 saturated heterocycles. The van der Waals surface area contributed by atoms with Gasteiger partial charge in [0.25, 0.3) is 11.5 Å². The van der Waals surface area contributed by atoms with E-state index in [0.29, 0.717) is 22.9 Å². The van der Waals surface area contributed by atoms with Crippen molar-refractivity contribution in [2.75, 3.05) is 10.6 Å². The first-order valence-corrected chi connectivity index (χ1v) is 8.93. The fraction of sp³-hybridized carbons (Fsp3) is 0.0952. The van der Waals surface area contributed by atoms with E-state index in [1.54, 1.807) is 48.7 Å². The number of halogens is 1. The second-order valence-electron chi connectivity index (χ2n) is 6.20. The van der Waals surface area contributed by atoms with E-state index in [0.717, 1.165) is 5.56 Å². The van der Waals surface area contributed by atoms with Crippen LogP contribution in [0.25, 0.3) is 0 Å². The number of amides is 2. The Bertz CT molecular complexity index is 1070. The molecule has 0 aliphatic heterocycles. The fourth-order valence-electron chi connectivity index (χ4n) is 2.70. The van der Waals surface area contributed by atoms with Gasteiger partial charge < -0.3 is 15.2 Å². The maximum Gasteiger partial charge on any atom is 0.263 e. The van der Waals surface area contributed by atoms with E-state index in [2.05, 4.69) is 10.6 Å². The second kappa shape index (κ2) is 8.54. The Morgan fingerprint density at radius 2 is 1.64 bits per heavy atom. The number of nitrogens with zero attached hydrogens (tertiary/aromatic N) is 1. The summed E-state index contributed by atoms with van der Waals surface area (Å²) in [6, 6.07) is 17.0. The highest BCUT2D eigenvalue weighted by Crippen LogP contribution is 2.16. The summed E-state index contributed by atoms with van der Waals surface area (Å²) in [6.07, 6.45) is 1.63. The van der Waals surface area contributed by atoms with E-state index in [1.165, 1.54) is 17.6 Å².